The van der Waals surface area contributed by atoms with Gasteiger partial charge in [0.2, 0.25) is 0 Å². The van der Waals surface area contributed by atoms with Gasteiger partial charge in [0.1, 0.15) is 11.6 Å². The van der Waals surface area contributed by atoms with E-state index in [0.29, 0.717) is 45.8 Å². The summed E-state index contributed by atoms with van der Waals surface area (Å²) in [5.41, 5.74) is 2.77. The van der Waals surface area contributed by atoms with Crippen molar-refractivity contribution in [2.45, 2.75) is 32.4 Å². The van der Waals surface area contributed by atoms with E-state index in [9.17, 15) is 10.1 Å². The number of anilines is 3. The van der Waals surface area contributed by atoms with E-state index in [1.165, 1.54) is 0 Å². The van der Waals surface area contributed by atoms with Gasteiger partial charge in [0.25, 0.3) is 5.89 Å². The molecule has 10 nitrogen and oxygen atoms in total. The van der Waals surface area contributed by atoms with Crippen molar-refractivity contribution in [2.75, 3.05) is 17.2 Å². The zero-order valence-electron chi connectivity index (χ0n) is 19.6. The van der Waals surface area contributed by atoms with E-state index in [0.717, 1.165) is 5.56 Å². The first-order valence-corrected chi connectivity index (χ1v) is 11.2. The second kappa shape index (κ2) is 9.10. The average Bonchev–Trinajstić information content (AvgIpc) is 3.37. The van der Waals surface area contributed by atoms with Crippen molar-refractivity contribution in [3.05, 3.63) is 71.8 Å². The second-order valence-corrected chi connectivity index (χ2v) is 8.79. The Labute approximate surface area is 202 Å². The van der Waals surface area contributed by atoms with Crippen LogP contribution >= 0.6 is 0 Å². The lowest BCUT2D eigenvalue weighted by Crippen LogP contribution is -2.28. The molecule has 1 aliphatic rings. The number of rotatable bonds is 7. The first-order valence-electron chi connectivity index (χ1n) is 11.2. The van der Waals surface area contributed by atoms with E-state index in [2.05, 4.69) is 30.7 Å². The number of aliphatic hydroxyl groups excluding tert-OH is 1. The molecule has 11 heteroatoms. The first kappa shape index (κ1) is 23.0. The van der Waals surface area contributed by atoms with Gasteiger partial charge in [-0.25, -0.2) is 9.97 Å². The van der Waals surface area contributed by atoms with Gasteiger partial charge in [-0.1, -0.05) is 41.6 Å². The Bertz CT molecular complexity index is 1350. The molecule has 1 atom stereocenters. The lowest BCUT2D eigenvalue weighted by Gasteiger charge is -2.20. The molecular formula is C24H25BN6O4. The Morgan fingerprint density at radius 1 is 1.09 bits per heavy atom. The molecule has 0 radical (unpaired) electrons. The van der Waals surface area contributed by atoms with E-state index in [4.69, 9.17) is 9.18 Å². The minimum absolute atomic E-state index is 0.124. The van der Waals surface area contributed by atoms with Crippen LogP contribution in [0.4, 0.5) is 17.3 Å². The van der Waals surface area contributed by atoms with Gasteiger partial charge in [0.05, 0.1) is 35.2 Å². The lowest BCUT2D eigenvalue weighted by atomic mass is 9.80. The highest BCUT2D eigenvalue weighted by atomic mass is 16.5. The predicted molar refractivity (Wildman–Crippen MR) is 131 cm³/mol. The highest BCUT2D eigenvalue weighted by Crippen LogP contribution is 2.33. The van der Waals surface area contributed by atoms with Crippen LogP contribution in [0.2, 0.25) is 0 Å². The SMILES string of the molecule is Cc1noc(-c2cnc(Nc3ccc4c(n3)C(C)(C)OB4O)cc2N[C@H](CO)c2ccccc2)n1. The third-order valence-corrected chi connectivity index (χ3v) is 5.80. The van der Waals surface area contributed by atoms with Crippen LogP contribution in [0.25, 0.3) is 11.5 Å². The van der Waals surface area contributed by atoms with E-state index < -0.39 is 12.7 Å². The summed E-state index contributed by atoms with van der Waals surface area (Å²) in [7, 11) is -0.999. The van der Waals surface area contributed by atoms with Gasteiger partial charge in [0.15, 0.2) is 5.82 Å². The van der Waals surface area contributed by atoms with Crippen LogP contribution in [0.5, 0.6) is 0 Å². The van der Waals surface area contributed by atoms with Gasteiger partial charge in [-0.3, -0.25) is 0 Å². The van der Waals surface area contributed by atoms with Gasteiger partial charge in [-0.2, -0.15) is 4.98 Å². The molecule has 0 unspecified atom stereocenters. The Morgan fingerprint density at radius 3 is 2.60 bits per heavy atom. The van der Waals surface area contributed by atoms with Crippen LogP contribution in [0.1, 0.15) is 37.0 Å². The Balaban J connectivity index is 1.49. The molecule has 3 aromatic heterocycles. The van der Waals surface area contributed by atoms with Crippen LogP contribution in [-0.2, 0) is 10.3 Å². The molecule has 1 aliphatic heterocycles. The quantitative estimate of drug-likeness (QED) is 0.297. The number of nitrogens with zero attached hydrogens (tertiary/aromatic N) is 4. The van der Waals surface area contributed by atoms with Gasteiger partial charge in [0, 0.05) is 17.7 Å². The molecule has 0 saturated heterocycles. The zero-order valence-corrected chi connectivity index (χ0v) is 19.6. The fourth-order valence-corrected chi connectivity index (χ4v) is 4.08. The summed E-state index contributed by atoms with van der Waals surface area (Å²) in [5, 5.41) is 30.7. The molecule has 5 rings (SSSR count). The number of fused-ring (bicyclic) bond motifs is 1. The lowest BCUT2D eigenvalue weighted by molar-refractivity contribution is 0.0970. The fourth-order valence-electron chi connectivity index (χ4n) is 4.08. The maximum absolute atomic E-state index is 10.1. The number of aliphatic hydroxyl groups is 1. The molecule has 0 saturated carbocycles. The van der Waals surface area contributed by atoms with Crippen molar-refractivity contribution in [1.82, 2.24) is 20.1 Å². The van der Waals surface area contributed by atoms with E-state index in [1.807, 2.05) is 44.2 Å². The van der Waals surface area contributed by atoms with Crippen LogP contribution < -0.4 is 16.1 Å². The summed E-state index contributed by atoms with van der Waals surface area (Å²) in [5.74, 6) is 1.89. The minimum atomic E-state index is -0.999. The fraction of sp³-hybridized carbons (Fsp3) is 0.250. The van der Waals surface area contributed by atoms with Crippen molar-refractivity contribution in [1.29, 1.82) is 0 Å². The third kappa shape index (κ3) is 4.61. The standard InChI is InChI=1S/C24H25BN6O4/c1-14-27-23(34-31-14)16-12-26-21(11-18(16)28-19(13-32)15-7-5-4-6-8-15)29-20-10-9-17-22(30-20)24(2,3)35-25(17)33/h4-12,19,32-33H,13H2,1-3H3,(H2,26,28,29,30)/t19-/m1/s1. The molecule has 0 aliphatic carbocycles. The van der Waals surface area contributed by atoms with Crippen molar-refractivity contribution in [3.63, 3.8) is 0 Å². The van der Waals surface area contributed by atoms with Gasteiger partial charge in [-0.05, 0) is 32.4 Å². The van der Waals surface area contributed by atoms with Crippen molar-refractivity contribution >= 4 is 29.9 Å². The minimum Gasteiger partial charge on any atom is -0.423 e. The number of benzene rings is 1. The molecular weight excluding hydrogens is 447 g/mol. The third-order valence-electron chi connectivity index (χ3n) is 5.80. The number of aromatic nitrogens is 4. The normalized spacial score (nSPS) is 15.1. The van der Waals surface area contributed by atoms with Crippen molar-refractivity contribution in [3.8, 4) is 11.5 Å². The molecule has 4 aromatic rings. The van der Waals surface area contributed by atoms with Crippen molar-refractivity contribution in [2.24, 2.45) is 0 Å². The highest BCUT2D eigenvalue weighted by molar-refractivity contribution is 6.61. The highest BCUT2D eigenvalue weighted by Gasteiger charge is 2.42. The molecule has 4 N–H and O–H groups in total. The maximum atomic E-state index is 10.1. The number of pyridine rings is 2. The number of hydrogen-bond donors (Lipinski definition) is 4. The van der Waals surface area contributed by atoms with Crippen LogP contribution in [0.3, 0.4) is 0 Å². The Hall–Kier alpha value is -3.80. The van der Waals surface area contributed by atoms with Gasteiger partial charge < -0.3 is 29.9 Å². The number of nitrogens with one attached hydrogen (secondary N) is 2. The Kier molecular flexibility index (Phi) is 5.97. The van der Waals surface area contributed by atoms with Crippen molar-refractivity contribution < 1.29 is 19.3 Å². The summed E-state index contributed by atoms with van der Waals surface area (Å²) < 4.78 is 11.0. The topological polar surface area (TPSA) is 138 Å². The molecule has 178 valence electrons. The molecule has 35 heavy (non-hydrogen) atoms. The van der Waals surface area contributed by atoms with Gasteiger partial charge in [-0.15, -0.1) is 0 Å². The monoisotopic (exact) mass is 472 g/mol. The molecule has 1 aromatic carbocycles. The summed E-state index contributed by atoms with van der Waals surface area (Å²) in [4.78, 5) is 13.5. The summed E-state index contributed by atoms with van der Waals surface area (Å²) in [6, 6.07) is 14.6. The summed E-state index contributed by atoms with van der Waals surface area (Å²) >= 11 is 0. The van der Waals surface area contributed by atoms with E-state index in [-0.39, 0.29) is 12.6 Å². The van der Waals surface area contributed by atoms with Crippen LogP contribution in [0, 0.1) is 6.92 Å². The number of aryl methyl sites for hydroxylation is 1. The first-order chi connectivity index (χ1) is 16.8. The smallest absolute Gasteiger partial charge is 0.423 e. The van der Waals surface area contributed by atoms with Crippen LogP contribution in [-0.4, -0.2) is 44.0 Å². The van der Waals surface area contributed by atoms with E-state index in [1.54, 1.807) is 31.3 Å². The summed E-state index contributed by atoms with van der Waals surface area (Å²) in [6.45, 7) is 5.34. The number of hydrogen-bond acceptors (Lipinski definition) is 10. The summed E-state index contributed by atoms with van der Waals surface area (Å²) in [6.07, 6.45) is 1.63. The Morgan fingerprint density at radius 2 is 1.89 bits per heavy atom. The predicted octanol–water partition coefficient (Wildman–Crippen LogP) is 2.68. The second-order valence-electron chi connectivity index (χ2n) is 8.79. The maximum Gasteiger partial charge on any atom is 0.493 e. The van der Waals surface area contributed by atoms with Crippen LogP contribution in [0.15, 0.2) is 59.3 Å². The van der Waals surface area contributed by atoms with E-state index >= 15 is 0 Å². The molecule has 4 heterocycles. The molecule has 0 bridgehead atoms. The molecule has 0 spiro atoms. The van der Waals surface area contributed by atoms with Gasteiger partial charge >= 0.3 is 7.12 Å². The zero-order chi connectivity index (χ0) is 24.6. The molecule has 0 fully saturated rings. The molecule has 0 amide bonds. The largest absolute Gasteiger partial charge is 0.493 e. The average molecular weight is 472 g/mol.